The van der Waals surface area contributed by atoms with Crippen molar-refractivity contribution in [2.45, 2.75) is 26.7 Å². The van der Waals surface area contributed by atoms with Gasteiger partial charge in [0.25, 0.3) is 0 Å². The van der Waals surface area contributed by atoms with E-state index in [2.05, 4.69) is 4.99 Å². The SMILES string of the molecule is CCCOC(=O)c1cc(Cl)cc(N=CC(C#N)C(=O)OCCC)c1Cl. The summed E-state index contributed by atoms with van der Waals surface area (Å²) in [5.74, 6) is -2.50. The van der Waals surface area contributed by atoms with Crippen molar-refractivity contribution in [3.63, 3.8) is 0 Å². The maximum absolute atomic E-state index is 12.0. The molecule has 1 aromatic carbocycles. The van der Waals surface area contributed by atoms with E-state index in [9.17, 15) is 9.59 Å². The highest BCUT2D eigenvalue weighted by atomic mass is 35.5. The van der Waals surface area contributed by atoms with Crippen LogP contribution in [-0.2, 0) is 14.3 Å². The van der Waals surface area contributed by atoms with Gasteiger partial charge in [-0.2, -0.15) is 5.26 Å². The van der Waals surface area contributed by atoms with E-state index in [0.29, 0.717) is 12.8 Å². The number of rotatable bonds is 8. The number of halogens is 2. The minimum absolute atomic E-state index is 0.0281. The van der Waals surface area contributed by atoms with Crippen LogP contribution >= 0.6 is 23.2 Å². The zero-order valence-electron chi connectivity index (χ0n) is 13.9. The van der Waals surface area contributed by atoms with Gasteiger partial charge in [0, 0.05) is 11.2 Å². The van der Waals surface area contributed by atoms with Crippen LogP contribution in [0.1, 0.15) is 37.0 Å². The molecule has 0 saturated carbocycles. The number of carbonyl (C=O) groups is 2. The Kier molecular flexibility index (Phi) is 8.96. The summed E-state index contributed by atoms with van der Waals surface area (Å²) < 4.78 is 9.94. The van der Waals surface area contributed by atoms with Crippen LogP contribution in [0.3, 0.4) is 0 Å². The van der Waals surface area contributed by atoms with Crippen LogP contribution in [0.2, 0.25) is 10.0 Å². The molecule has 25 heavy (non-hydrogen) atoms. The number of carbonyl (C=O) groups excluding carboxylic acids is 2. The van der Waals surface area contributed by atoms with E-state index in [0.717, 1.165) is 6.21 Å². The van der Waals surface area contributed by atoms with Crippen molar-refractivity contribution in [2.24, 2.45) is 10.9 Å². The Morgan fingerprint density at radius 3 is 2.48 bits per heavy atom. The molecule has 0 spiro atoms. The fourth-order valence-corrected chi connectivity index (χ4v) is 2.13. The lowest BCUT2D eigenvalue weighted by Gasteiger charge is -2.08. The molecule has 6 nitrogen and oxygen atoms in total. The summed E-state index contributed by atoms with van der Waals surface area (Å²) in [5, 5.41) is 9.31. The minimum atomic E-state index is -1.18. The Labute approximate surface area is 156 Å². The third-order valence-corrected chi connectivity index (χ3v) is 3.49. The van der Waals surface area contributed by atoms with E-state index in [1.54, 1.807) is 6.07 Å². The Hall–Kier alpha value is -2.10. The number of hydrogen-bond donors (Lipinski definition) is 0. The average Bonchev–Trinajstić information content (AvgIpc) is 2.60. The first-order chi connectivity index (χ1) is 11.9. The molecule has 1 atom stereocenters. The maximum Gasteiger partial charge on any atom is 0.339 e. The molecule has 1 rings (SSSR count). The fraction of sp³-hybridized carbons (Fsp3) is 0.412. The van der Waals surface area contributed by atoms with Crippen molar-refractivity contribution < 1.29 is 19.1 Å². The molecule has 1 aromatic rings. The third-order valence-electron chi connectivity index (χ3n) is 2.88. The van der Waals surface area contributed by atoms with E-state index < -0.39 is 17.9 Å². The number of benzene rings is 1. The molecule has 0 aliphatic carbocycles. The van der Waals surface area contributed by atoms with Gasteiger partial charge >= 0.3 is 11.9 Å². The lowest BCUT2D eigenvalue weighted by molar-refractivity contribution is -0.144. The quantitative estimate of drug-likeness (QED) is 0.490. The summed E-state index contributed by atoms with van der Waals surface area (Å²) in [4.78, 5) is 27.8. The lowest BCUT2D eigenvalue weighted by atomic mass is 10.2. The second kappa shape index (κ2) is 10.7. The standard InChI is InChI=1S/C17H18Cl2N2O4/c1-3-5-24-16(22)11(9-20)10-21-14-8-12(18)7-13(15(14)19)17(23)25-6-4-2/h7-8,10-11H,3-6H2,1-2H3. The van der Waals surface area contributed by atoms with Crippen molar-refractivity contribution in [3.8, 4) is 6.07 Å². The number of nitrogens with zero attached hydrogens (tertiary/aromatic N) is 2. The van der Waals surface area contributed by atoms with E-state index in [-0.39, 0.29) is 34.5 Å². The number of nitriles is 1. The van der Waals surface area contributed by atoms with E-state index >= 15 is 0 Å². The smallest absolute Gasteiger partial charge is 0.339 e. The highest BCUT2D eigenvalue weighted by Crippen LogP contribution is 2.32. The average molecular weight is 385 g/mol. The number of ether oxygens (including phenoxy) is 2. The molecule has 134 valence electrons. The topological polar surface area (TPSA) is 88.8 Å². The van der Waals surface area contributed by atoms with E-state index in [4.69, 9.17) is 37.9 Å². The predicted molar refractivity (Wildman–Crippen MR) is 95.5 cm³/mol. The van der Waals surface area contributed by atoms with Gasteiger partial charge in [-0.05, 0) is 25.0 Å². The fourth-order valence-electron chi connectivity index (χ4n) is 1.68. The normalized spacial score (nSPS) is 11.8. The summed E-state index contributed by atoms with van der Waals surface area (Å²) in [6.45, 7) is 4.17. The Morgan fingerprint density at radius 2 is 1.88 bits per heavy atom. The largest absolute Gasteiger partial charge is 0.464 e. The van der Waals surface area contributed by atoms with Crippen molar-refractivity contribution in [1.82, 2.24) is 0 Å². The van der Waals surface area contributed by atoms with Crippen molar-refractivity contribution in [1.29, 1.82) is 5.26 Å². The molecule has 0 heterocycles. The lowest BCUT2D eigenvalue weighted by Crippen LogP contribution is -2.17. The number of esters is 2. The molecule has 0 radical (unpaired) electrons. The molecular formula is C17H18Cl2N2O4. The zero-order valence-corrected chi connectivity index (χ0v) is 15.4. The summed E-state index contributed by atoms with van der Waals surface area (Å²) >= 11 is 12.2. The van der Waals surface area contributed by atoms with Gasteiger partial charge in [0.05, 0.1) is 35.6 Å². The Morgan fingerprint density at radius 1 is 1.24 bits per heavy atom. The second-order valence-electron chi connectivity index (χ2n) is 4.97. The molecule has 0 amide bonds. The van der Waals surface area contributed by atoms with Crippen LogP contribution in [0.4, 0.5) is 5.69 Å². The van der Waals surface area contributed by atoms with Gasteiger partial charge in [-0.15, -0.1) is 0 Å². The zero-order chi connectivity index (χ0) is 18.8. The molecular weight excluding hydrogens is 367 g/mol. The van der Waals surface area contributed by atoms with Gasteiger partial charge in [0.15, 0.2) is 5.92 Å². The maximum atomic E-state index is 12.0. The highest BCUT2D eigenvalue weighted by Gasteiger charge is 2.19. The van der Waals surface area contributed by atoms with Gasteiger partial charge in [-0.3, -0.25) is 9.79 Å². The van der Waals surface area contributed by atoms with Gasteiger partial charge in [0.1, 0.15) is 0 Å². The van der Waals surface area contributed by atoms with E-state index in [1.165, 1.54) is 12.1 Å². The molecule has 1 unspecified atom stereocenters. The molecule has 0 aliphatic rings. The summed E-state index contributed by atoms with van der Waals surface area (Å²) in [6, 6.07) is 4.58. The first-order valence-corrected chi connectivity index (χ1v) is 8.46. The van der Waals surface area contributed by atoms with Crippen molar-refractivity contribution in [2.75, 3.05) is 13.2 Å². The molecule has 0 aromatic heterocycles. The second-order valence-corrected chi connectivity index (χ2v) is 5.79. The van der Waals surface area contributed by atoms with E-state index in [1.807, 2.05) is 13.8 Å². The van der Waals surface area contributed by atoms with Gasteiger partial charge in [-0.1, -0.05) is 37.0 Å². The van der Waals surface area contributed by atoms with Crippen LogP contribution < -0.4 is 0 Å². The Bertz CT molecular complexity index is 699. The third kappa shape index (κ3) is 6.37. The molecule has 8 heteroatoms. The molecule has 0 N–H and O–H groups in total. The molecule has 0 bridgehead atoms. The Balaban J connectivity index is 3.05. The predicted octanol–water partition coefficient (Wildman–Crippen LogP) is 4.36. The number of hydrogen-bond acceptors (Lipinski definition) is 6. The minimum Gasteiger partial charge on any atom is -0.464 e. The molecule has 0 saturated heterocycles. The molecule has 0 aliphatic heterocycles. The van der Waals surface area contributed by atoms with Gasteiger partial charge in [-0.25, -0.2) is 4.79 Å². The summed E-state index contributed by atoms with van der Waals surface area (Å²) in [7, 11) is 0. The van der Waals surface area contributed by atoms with Crippen molar-refractivity contribution in [3.05, 3.63) is 27.7 Å². The molecule has 0 fully saturated rings. The van der Waals surface area contributed by atoms with Crippen LogP contribution in [-0.4, -0.2) is 31.4 Å². The van der Waals surface area contributed by atoms with Crippen LogP contribution in [0.15, 0.2) is 17.1 Å². The number of aliphatic imine (C=N–C) groups is 1. The summed E-state index contributed by atoms with van der Waals surface area (Å²) in [5.41, 5.74) is 0.220. The highest BCUT2D eigenvalue weighted by molar-refractivity contribution is 6.38. The summed E-state index contributed by atoms with van der Waals surface area (Å²) in [6.07, 6.45) is 2.42. The van der Waals surface area contributed by atoms with Crippen molar-refractivity contribution >= 4 is 47.0 Å². The van der Waals surface area contributed by atoms with Crippen LogP contribution in [0, 0.1) is 17.2 Å². The van der Waals surface area contributed by atoms with Crippen LogP contribution in [0.5, 0.6) is 0 Å². The van der Waals surface area contributed by atoms with Gasteiger partial charge in [0.2, 0.25) is 0 Å². The first-order valence-electron chi connectivity index (χ1n) is 7.71. The first kappa shape index (κ1) is 20.9. The monoisotopic (exact) mass is 384 g/mol. The van der Waals surface area contributed by atoms with Crippen LogP contribution in [0.25, 0.3) is 0 Å². The van der Waals surface area contributed by atoms with Gasteiger partial charge < -0.3 is 9.47 Å².